The van der Waals surface area contributed by atoms with Crippen LogP contribution in [0.3, 0.4) is 0 Å². The van der Waals surface area contributed by atoms with Crippen molar-refractivity contribution >= 4 is 0 Å². The maximum absolute atomic E-state index is 4.41. The van der Waals surface area contributed by atoms with Crippen LogP contribution in [-0.2, 0) is 13.1 Å². The first-order valence-corrected chi connectivity index (χ1v) is 7.30. The number of nitrogens with zero attached hydrogens (tertiary/aromatic N) is 3. The van der Waals surface area contributed by atoms with Crippen molar-refractivity contribution in [3.05, 3.63) is 18.2 Å². The largest absolute Gasteiger partial charge is 0.334 e. The van der Waals surface area contributed by atoms with Gasteiger partial charge in [-0.05, 0) is 25.8 Å². The van der Waals surface area contributed by atoms with Crippen molar-refractivity contribution < 1.29 is 0 Å². The molecule has 1 aliphatic rings. The summed E-state index contributed by atoms with van der Waals surface area (Å²) in [5, 5.41) is 3.51. The summed E-state index contributed by atoms with van der Waals surface area (Å²) in [4.78, 5) is 6.98. The van der Waals surface area contributed by atoms with Crippen molar-refractivity contribution in [2.24, 2.45) is 0 Å². The summed E-state index contributed by atoms with van der Waals surface area (Å²) in [5.74, 6) is 1.16. The Bertz CT molecular complexity index is 343. The molecule has 1 aromatic heterocycles. The van der Waals surface area contributed by atoms with Gasteiger partial charge < -0.3 is 9.88 Å². The van der Waals surface area contributed by atoms with Crippen LogP contribution in [-0.4, -0.2) is 40.1 Å². The Labute approximate surface area is 110 Å². The van der Waals surface area contributed by atoms with Gasteiger partial charge in [-0.1, -0.05) is 13.8 Å². The molecule has 102 valence electrons. The molecule has 0 aromatic carbocycles. The molecule has 1 aromatic rings. The monoisotopic (exact) mass is 250 g/mol. The lowest BCUT2D eigenvalue weighted by molar-refractivity contribution is 0.276. The summed E-state index contributed by atoms with van der Waals surface area (Å²) in [6, 6.07) is 0.874. The second-order valence-corrected chi connectivity index (χ2v) is 5.07. The number of hydrogen-bond acceptors (Lipinski definition) is 3. The van der Waals surface area contributed by atoms with E-state index in [9.17, 15) is 0 Å². The van der Waals surface area contributed by atoms with Crippen molar-refractivity contribution in [3.63, 3.8) is 0 Å². The number of hydrogen-bond donors (Lipinski definition) is 1. The summed E-state index contributed by atoms with van der Waals surface area (Å²) in [6.45, 7) is 9.81. The van der Waals surface area contributed by atoms with Gasteiger partial charge in [-0.2, -0.15) is 0 Å². The van der Waals surface area contributed by atoms with Gasteiger partial charge in [-0.15, -0.1) is 0 Å². The van der Waals surface area contributed by atoms with Crippen LogP contribution >= 0.6 is 0 Å². The minimum absolute atomic E-state index is 0.874. The van der Waals surface area contributed by atoms with Crippen molar-refractivity contribution in [1.82, 2.24) is 19.8 Å². The smallest absolute Gasteiger partial charge is 0.122 e. The normalized spacial score (nSPS) is 15.5. The van der Waals surface area contributed by atoms with Gasteiger partial charge in [0.1, 0.15) is 5.82 Å². The van der Waals surface area contributed by atoms with Crippen LogP contribution in [0.25, 0.3) is 0 Å². The van der Waals surface area contributed by atoms with E-state index in [1.807, 2.05) is 6.20 Å². The van der Waals surface area contributed by atoms with Gasteiger partial charge >= 0.3 is 0 Å². The van der Waals surface area contributed by atoms with Crippen LogP contribution in [0.2, 0.25) is 0 Å². The van der Waals surface area contributed by atoms with Crippen molar-refractivity contribution in [3.8, 4) is 0 Å². The minimum Gasteiger partial charge on any atom is -0.334 e. The Balaban J connectivity index is 1.66. The highest BCUT2D eigenvalue weighted by atomic mass is 15.2. The van der Waals surface area contributed by atoms with Crippen LogP contribution in [0.5, 0.6) is 0 Å². The fourth-order valence-corrected chi connectivity index (χ4v) is 2.41. The molecule has 18 heavy (non-hydrogen) atoms. The SMILES string of the molecule is CCCn1ccnc1CNCCN(CC)C1CC1. The lowest BCUT2D eigenvalue weighted by Crippen LogP contribution is -2.33. The third-order valence-corrected chi connectivity index (χ3v) is 3.59. The third kappa shape index (κ3) is 3.82. The van der Waals surface area contributed by atoms with Gasteiger partial charge in [-0.25, -0.2) is 4.98 Å². The topological polar surface area (TPSA) is 33.1 Å². The predicted molar refractivity (Wildman–Crippen MR) is 74.5 cm³/mol. The average molecular weight is 250 g/mol. The Morgan fingerprint density at radius 1 is 1.44 bits per heavy atom. The Morgan fingerprint density at radius 2 is 2.28 bits per heavy atom. The molecule has 1 fully saturated rings. The average Bonchev–Trinajstić information content (AvgIpc) is 3.12. The van der Waals surface area contributed by atoms with Crippen molar-refractivity contribution in [2.75, 3.05) is 19.6 Å². The first-order valence-electron chi connectivity index (χ1n) is 7.30. The van der Waals surface area contributed by atoms with E-state index >= 15 is 0 Å². The number of aryl methyl sites for hydroxylation is 1. The van der Waals surface area contributed by atoms with E-state index in [1.54, 1.807) is 0 Å². The standard InChI is InChI=1S/C14H26N4/c1-3-9-18-11-8-16-14(18)12-15-7-10-17(4-2)13-5-6-13/h8,11,13,15H,3-7,9-10,12H2,1-2H3. The van der Waals surface area contributed by atoms with E-state index in [-0.39, 0.29) is 0 Å². The van der Waals surface area contributed by atoms with Gasteiger partial charge in [0, 0.05) is 38.1 Å². The Kier molecular flexibility index (Phi) is 5.20. The zero-order chi connectivity index (χ0) is 12.8. The maximum atomic E-state index is 4.41. The lowest BCUT2D eigenvalue weighted by Gasteiger charge is -2.19. The van der Waals surface area contributed by atoms with Crippen LogP contribution < -0.4 is 5.32 Å². The van der Waals surface area contributed by atoms with Gasteiger partial charge in [0.15, 0.2) is 0 Å². The zero-order valence-electron chi connectivity index (χ0n) is 11.7. The van der Waals surface area contributed by atoms with Crippen LogP contribution in [0.1, 0.15) is 38.9 Å². The third-order valence-electron chi connectivity index (χ3n) is 3.59. The van der Waals surface area contributed by atoms with E-state index in [0.717, 1.165) is 44.5 Å². The molecule has 0 bridgehead atoms. The summed E-state index contributed by atoms with van der Waals surface area (Å²) < 4.78 is 2.24. The van der Waals surface area contributed by atoms with E-state index < -0.39 is 0 Å². The second kappa shape index (κ2) is 6.90. The Morgan fingerprint density at radius 3 is 2.94 bits per heavy atom. The number of imidazole rings is 1. The molecule has 0 amide bonds. The number of rotatable bonds is 9. The van der Waals surface area contributed by atoms with Gasteiger partial charge in [0.25, 0.3) is 0 Å². The lowest BCUT2D eigenvalue weighted by atomic mass is 10.4. The first-order chi connectivity index (χ1) is 8.85. The molecule has 1 heterocycles. The van der Waals surface area contributed by atoms with Crippen LogP contribution in [0.4, 0.5) is 0 Å². The molecule has 4 nitrogen and oxygen atoms in total. The molecule has 1 aliphatic carbocycles. The summed E-state index contributed by atoms with van der Waals surface area (Å²) in [5.41, 5.74) is 0. The Hall–Kier alpha value is -0.870. The molecule has 0 aliphatic heterocycles. The van der Waals surface area contributed by atoms with Gasteiger partial charge in [-0.3, -0.25) is 4.90 Å². The molecule has 4 heteroatoms. The van der Waals surface area contributed by atoms with Crippen molar-refractivity contribution in [2.45, 2.75) is 52.2 Å². The van der Waals surface area contributed by atoms with Gasteiger partial charge in [0.05, 0.1) is 6.54 Å². The van der Waals surface area contributed by atoms with E-state index in [4.69, 9.17) is 0 Å². The highest BCUT2D eigenvalue weighted by molar-refractivity contribution is 4.92. The molecule has 0 radical (unpaired) electrons. The number of nitrogens with one attached hydrogen (secondary N) is 1. The molecule has 0 saturated heterocycles. The molecule has 0 spiro atoms. The van der Waals surface area contributed by atoms with Crippen molar-refractivity contribution in [1.29, 1.82) is 0 Å². The number of aromatic nitrogens is 2. The van der Waals surface area contributed by atoms with E-state index in [1.165, 1.54) is 19.4 Å². The van der Waals surface area contributed by atoms with E-state index in [0.29, 0.717) is 0 Å². The highest BCUT2D eigenvalue weighted by Crippen LogP contribution is 2.25. The molecule has 1 N–H and O–H groups in total. The molecular weight excluding hydrogens is 224 g/mol. The summed E-state index contributed by atoms with van der Waals surface area (Å²) in [6.07, 6.45) is 7.93. The fraction of sp³-hybridized carbons (Fsp3) is 0.786. The highest BCUT2D eigenvalue weighted by Gasteiger charge is 2.26. The molecule has 0 atom stereocenters. The molecule has 0 unspecified atom stereocenters. The fourth-order valence-electron chi connectivity index (χ4n) is 2.41. The molecule has 2 rings (SSSR count). The summed E-state index contributed by atoms with van der Waals surface area (Å²) >= 11 is 0. The quantitative estimate of drug-likeness (QED) is 0.679. The zero-order valence-corrected chi connectivity index (χ0v) is 11.7. The maximum Gasteiger partial charge on any atom is 0.122 e. The molecule has 1 saturated carbocycles. The predicted octanol–water partition coefficient (Wildman–Crippen LogP) is 1.87. The van der Waals surface area contributed by atoms with E-state index in [2.05, 4.69) is 39.8 Å². The van der Waals surface area contributed by atoms with Crippen LogP contribution in [0.15, 0.2) is 12.4 Å². The van der Waals surface area contributed by atoms with Gasteiger partial charge in [0.2, 0.25) is 0 Å². The summed E-state index contributed by atoms with van der Waals surface area (Å²) in [7, 11) is 0. The molecular formula is C14H26N4. The first kappa shape index (κ1) is 13.6. The number of likely N-dealkylation sites (N-methyl/N-ethyl adjacent to an activating group) is 1. The van der Waals surface area contributed by atoms with Crippen LogP contribution in [0, 0.1) is 0 Å². The second-order valence-electron chi connectivity index (χ2n) is 5.07. The minimum atomic E-state index is 0.874.